The summed E-state index contributed by atoms with van der Waals surface area (Å²) < 4.78 is 0. The second kappa shape index (κ2) is 5.77. The van der Waals surface area contributed by atoms with Crippen LogP contribution in [0.1, 0.15) is 24.8 Å². The van der Waals surface area contributed by atoms with Crippen LogP contribution in [-0.2, 0) is 4.79 Å². The Bertz CT molecular complexity index is 386. The van der Waals surface area contributed by atoms with E-state index in [0.717, 1.165) is 30.8 Å². The average Bonchev–Trinajstić information content (AvgIpc) is 2.82. The third-order valence-corrected chi connectivity index (χ3v) is 3.26. The molecular formula is C13H19N3O. The number of anilines is 1. The Morgan fingerprint density at radius 1 is 1.65 bits per heavy atom. The van der Waals surface area contributed by atoms with E-state index in [1.165, 1.54) is 6.42 Å². The van der Waals surface area contributed by atoms with Gasteiger partial charge in [0.05, 0.1) is 11.9 Å². The molecular weight excluding hydrogens is 214 g/mol. The highest BCUT2D eigenvalue weighted by Gasteiger charge is 2.15. The van der Waals surface area contributed by atoms with Crippen LogP contribution in [0.5, 0.6) is 0 Å². The van der Waals surface area contributed by atoms with Gasteiger partial charge >= 0.3 is 0 Å². The number of aromatic nitrogens is 1. The van der Waals surface area contributed by atoms with E-state index < -0.39 is 0 Å². The summed E-state index contributed by atoms with van der Waals surface area (Å²) in [5.74, 6) is 0.753. The molecule has 17 heavy (non-hydrogen) atoms. The van der Waals surface area contributed by atoms with Crippen molar-refractivity contribution in [1.82, 2.24) is 10.3 Å². The molecule has 2 N–H and O–H groups in total. The van der Waals surface area contributed by atoms with E-state index in [1.54, 1.807) is 12.4 Å². The Morgan fingerprint density at radius 3 is 3.24 bits per heavy atom. The highest BCUT2D eigenvalue weighted by Crippen LogP contribution is 2.16. The van der Waals surface area contributed by atoms with Crippen molar-refractivity contribution in [2.24, 2.45) is 5.92 Å². The van der Waals surface area contributed by atoms with Gasteiger partial charge in [0.1, 0.15) is 0 Å². The van der Waals surface area contributed by atoms with Crippen molar-refractivity contribution in [2.45, 2.75) is 26.2 Å². The lowest BCUT2D eigenvalue weighted by molar-refractivity contribution is -0.116. The summed E-state index contributed by atoms with van der Waals surface area (Å²) in [6.45, 7) is 4.12. The van der Waals surface area contributed by atoms with Crippen LogP contribution in [-0.4, -0.2) is 24.0 Å². The number of aryl methyl sites for hydroxylation is 1. The van der Waals surface area contributed by atoms with E-state index >= 15 is 0 Å². The second-order valence-corrected chi connectivity index (χ2v) is 4.64. The van der Waals surface area contributed by atoms with Gasteiger partial charge in [0, 0.05) is 12.6 Å². The lowest BCUT2D eigenvalue weighted by Crippen LogP contribution is -2.15. The molecule has 1 amide bonds. The van der Waals surface area contributed by atoms with Gasteiger partial charge < -0.3 is 10.6 Å². The summed E-state index contributed by atoms with van der Waals surface area (Å²) in [5.41, 5.74) is 1.87. The van der Waals surface area contributed by atoms with Crippen molar-refractivity contribution in [2.75, 3.05) is 18.4 Å². The number of amides is 1. The first-order valence-electron chi connectivity index (χ1n) is 6.17. The molecule has 1 aliphatic rings. The Labute approximate surface area is 102 Å². The van der Waals surface area contributed by atoms with E-state index in [1.807, 2.05) is 13.0 Å². The van der Waals surface area contributed by atoms with Gasteiger partial charge in [-0.1, -0.05) is 0 Å². The molecule has 4 heteroatoms. The van der Waals surface area contributed by atoms with E-state index in [4.69, 9.17) is 0 Å². The molecule has 2 rings (SSSR count). The number of hydrogen-bond donors (Lipinski definition) is 2. The molecule has 0 aromatic carbocycles. The number of rotatable bonds is 4. The fourth-order valence-corrected chi connectivity index (χ4v) is 2.10. The summed E-state index contributed by atoms with van der Waals surface area (Å²) in [7, 11) is 0. The van der Waals surface area contributed by atoms with Crippen LogP contribution in [0.2, 0.25) is 0 Å². The van der Waals surface area contributed by atoms with E-state index in [0.29, 0.717) is 12.3 Å². The minimum atomic E-state index is 0.0907. The molecule has 1 fully saturated rings. The number of nitrogens with one attached hydrogen (secondary N) is 2. The van der Waals surface area contributed by atoms with Gasteiger partial charge in [-0.25, -0.2) is 0 Å². The summed E-state index contributed by atoms with van der Waals surface area (Å²) in [4.78, 5) is 15.8. The minimum Gasteiger partial charge on any atom is -0.325 e. The average molecular weight is 233 g/mol. The number of carbonyl (C=O) groups excluding carboxylic acids is 1. The molecule has 1 aliphatic heterocycles. The van der Waals surface area contributed by atoms with Crippen LogP contribution in [0.3, 0.4) is 0 Å². The molecule has 92 valence electrons. The zero-order chi connectivity index (χ0) is 12.1. The van der Waals surface area contributed by atoms with E-state index in [9.17, 15) is 4.79 Å². The molecule has 0 spiro atoms. The molecule has 4 nitrogen and oxygen atoms in total. The summed E-state index contributed by atoms with van der Waals surface area (Å²) in [6.07, 6.45) is 6.19. The quantitative estimate of drug-likeness (QED) is 0.832. The van der Waals surface area contributed by atoms with Crippen molar-refractivity contribution in [3.8, 4) is 0 Å². The molecule has 1 saturated heterocycles. The topological polar surface area (TPSA) is 54.0 Å². The smallest absolute Gasteiger partial charge is 0.224 e. The fourth-order valence-electron chi connectivity index (χ4n) is 2.10. The maximum atomic E-state index is 11.8. The minimum absolute atomic E-state index is 0.0907. The van der Waals surface area contributed by atoms with Crippen molar-refractivity contribution >= 4 is 11.6 Å². The van der Waals surface area contributed by atoms with Gasteiger partial charge in [-0.2, -0.15) is 0 Å². The lowest BCUT2D eigenvalue weighted by atomic mass is 10.0. The van der Waals surface area contributed by atoms with E-state index in [-0.39, 0.29) is 5.91 Å². The number of pyridine rings is 1. The number of nitrogens with zero attached hydrogens (tertiary/aromatic N) is 1. The van der Waals surface area contributed by atoms with Gasteiger partial charge in [0.2, 0.25) is 5.91 Å². The molecule has 1 atom stereocenters. The van der Waals surface area contributed by atoms with Gasteiger partial charge in [0.25, 0.3) is 0 Å². The van der Waals surface area contributed by atoms with Crippen molar-refractivity contribution in [1.29, 1.82) is 0 Å². The zero-order valence-corrected chi connectivity index (χ0v) is 10.2. The first-order chi connectivity index (χ1) is 8.25. The van der Waals surface area contributed by atoms with Crippen LogP contribution < -0.4 is 10.6 Å². The largest absolute Gasteiger partial charge is 0.325 e. The van der Waals surface area contributed by atoms with Crippen LogP contribution in [0, 0.1) is 12.8 Å². The second-order valence-electron chi connectivity index (χ2n) is 4.64. The standard InChI is InChI=1S/C13H19N3O/c1-10-4-6-15-9-12(10)16-13(17)3-2-11-5-7-14-8-11/h4,6,9,11,14H,2-3,5,7-8H2,1H3,(H,16,17). The van der Waals surface area contributed by atoms with Crippen LogP contribution >= 0.6 is 0 Å². The van der Waals surface area contributed by atoms with Crippen molar-refractivity contribution in [3.05, 3.63) is 24.0 Å². The first-order valence-corrected chi connectivity index (χ1v) is 6.17. The number of hydrogen-bond acceptors (Lipinski definition) is 3. The monoisotopic (exact) mass is 233 g/mol. The molecule has 1 aromatic rings. The Hall–Kier alpha value is -1.42. The van der Waals surface area contributed by atoms with Gasteiger partial charge in [-0.3, -0.25) is 9.78 Å². The predicted molar refractivity (Wildman–Crippen MR) is 67.8 cm³/mol. The molecule has 1 aromatic heterocycles. The predicted octanol–water partition coefficient (Wildman–Crippen LogP) is 1.72. The van der Waals surface area contributed by atoms with Crippen LogP contribution in [0.4, 0.5) is 5.69 Å². The SMILES string of the molecule is Cc1ccncc1NC(=O)CCC1CCNC1. The third kappa shape index (κ3) is 3.53. The molecule has 2 heterocycles. The fraction of sp³-hybridized carbons (Fsp3) is 0.538. The Kier molecular flexibility index (Phi) is 4.09. The Morgan fingerprint density at radius 2 is 2.53 bits per heavy atom. The molecule has 0 bridgehead atoms. The van der Waals surface area contributed by atoms with Crippen LogP contribution in [0.15, 0.2) is 18.5 Å². The molecule has 1 unspecified atom stereocenters. The third-order valence-electron chi connectivity index (χ3n) is 3.26. The van der Waals surface area contributed by atoms with Gasteiger partial charge in [0.15, 0.2) is 0 Å². The van der Waals surface area contributed by atoms with Gasteiger partial charge in [-0.15, -0.1) is 0 Å². The lowest BCUT2D eigenvalue weighted by Gasteiger charge is -2.09. The van der Waals surface area contributed by atoms with Crippen molar-refractivity contribution < 1.29 is 4.79 Å². The molecule has 0 radical (unpaired) electrons. The zero-order valence-electron chi connectivity index (χ0n) is 10.2. The van der Waals surface area contributed by atoms with E-state index in [2.05, 4.69) is 15.6 Å². The highest BCUT2D eigenvalue weighted by atomic mass is 16.1. The molecule has 0 aliphatic carbocycles. The van der Waals surface area contributed by atoms with Crippen molar-refractivity contribution in [3.63, 3.8) is 0 Å². The first kappa shape index (κ1) is 12.0. The normalized spacial score (nSPS) is 19.2. The summed E-state index contributed by atoms with van der Waals surface area (Å²) in [6, 6.07) is 1.90. The van der Waals surface area contributed by atoms with Crippen LogP contribution in [0.25, 0.3) is 0 Å². The van der Waals surface area contributed by atoms with Gasteiger partial charge in [-0.05, 0) is 50.4 Å². The summed E-state index contributed by atoms with van der Waals surface area (Å²) >= 11 is 0. The maximum absolute atomic E-state index is 11.8. The Balaban J connectivity index is 1.79. The summed E-state index contributed by atoms with van der Waals surface area (Å²) in [5, 5.41) is 6.23. The highest BCUT2D eigenvalue weighted by molar-refractivity contribution is 5.91. The maximum Gasteiger partial charge on any atom is 0.224 e. The number of carbonyl (C=O) groups is 1. The molecule has 0 saturated carbocycles.